The Balaban J connectivity index is 1.33. The second-order valence-electron chi connectivity index (χ2n) is 7.84. The van der Waals surface area contributed by atoms with E-state index in [-0.39, 0.29) is 5.91 Å². The largest absolute Gasteiger partial charge is 0.356 e. The number of fused-ring (bicyclic) bond motifs is 1. The minimum atomic E-state index is 0.0931. The van der Waals surface area contributed by atoms with Crippen LogP contribution in [0.15, 0.2) is 84.9 Å². The Morgan fingerprint density at radius 1 is 0.774 bits per heavy atom. The van der Waals surface area contributed by atoms with Gasteiger partial charge >= 0.3 is 0 Å². The molecular formula is C27H29N3O. The summed E-state index contributed by atoms with van der Waals surface area (Å²) in [6.45, 7) is 1.53. The number of aromatic nitrogens is 2. The van der Waals surface area contributed by atoms with E-state index in [1.165, 1.54) is 16.6 Å². The first kappa shape index (κ1) is 20.9. The predicted molar refractivity (Wildman–Crippen MR) is 126 cm³/mol. The average molecular weight is 412 g/mol. The van der Waals surface area contributed by atoms with Crippen LogP contribution in [0.4, 0.5) is 0 Å². The number of hydrogen-bond acceptors (Lipinski definition) is 2. The van der Waals surface area contributed by atoms with Gasteiger partial charge in [-0.3, -0.25) is 4.79 Å². The van der Waals surface area contributed by atoms with Gasteiger partial charge in [-0.2, -0.15) is 0 Å². The number of rotatable bonds is 10. The molecule has 1 N–H and O–H groups in total. The standard InChI is InChI=1S/C27H29N3O/c31-27(18-17-23-12-5-2-6-13-23)28-20-19-26-29-24-15-7-8-16-25(24)30(26)21-9-14-22-10-3-1-4-11-22/h1-8,10-13,15-16H,9,14,17-21H2,(H,28,31). The number of amides is 1. The van der Waals surface area contributed by atoms with Crippen molar-refractivity contribution in [3.63, 3.8) is 0 Å². The fourth-order valence-electron chi connectivity index (χ4n) is 3.96. The minimum Gasteiger partial charge on any atom is -0.356 e. The smallest absolute Gasteiger partial charge is 0.220 e. The Morgan fingerprint density at radius 3 is 2.16 bits per heavy atom. The number of para-hydroxylation sites is 2. The maximum atomic E-state index is 12.3. The van der Waals surface area contributed by atoms with E-state index in [0.717, 1.165) is 43.6 Å². The lowest BCUT2D eigenvalue weighted by Crippen LogP contribution is -2.26. The molecule has 0 spiro atoms. The van der Waals surface area contributed by atoms with Crippen LogP contribution in [0.5, 0.6) is 0 Å². The van der Waals surface area contributed by atoms with Gasteiger partial charge in [0.2, 0.25) is 5.91 Å². The van der Waals surface area contributed by atoms with Crippen molar-refractivity contribution < 1.29 is 4.79 Å². The molecule has 1 heterocycles. The summed E-state index contributed by atoms with van der Waals surface area (Å²) in [6, 6.07) is 29.0. The van der Waals surface area contributed by atoms with Gasteiger partial charge in [0.05, 0.1) is 11.0 Å². The van der Waals surface area contributed by atoms with Gasteiger partial charge in [-0.05, 0) is 42.5 Å². The van der Waals surface area contributed by atoms with Crippen molar-refractivity contribution in [3.05, 3.63) is 102 Å². The molecule has 0 aliphatic heterocycles. The lowest BCUT2D eigenvalue weighted by atomic mass is 10.1. The van der Waals surface area contributed by atoms with E-state index < -0.39 is 0 Å². The number of nitrogens with zero attached hydrogens (tertiary/aromatic N) is 2. The van der Waals surface area contributed by atoms with Crippen LogP contribution in [-0.2, 0) is 30.6 Å². The van der Waals surface area contributed by atoms with Gasteiger partial charge in [-0.15, -0.1) is 0 Å². The van der Waals surface area contributed by atoms with E-state index in [2.05, 4.69) is 70.5 Å². The molecule has 3 aromatic carbocycles. The van der Waals surface area contributed by atoms with Gasteiger partial charge in [-0.1, -0.05) is 72.8 Å². The van der Waals surface area contributed by atoms with Crippen molar-refractivity contribution in [2.24, 2.45) is 0 Å². The normalized spacial score (nSPS) is 11.0. The molecule has 31 heavy (non-hydrogen) atoms. The number of carbonyl (C=O) groups excluding carboxylic acids is 1. The van der Waals surface area contributed by atoms with Gasteiger partial charge in [0.1, 0.15) is 5.82 Å². The van der Waals surface area contributed by atoms with Gasteiger partial charge < -0.3 is 9.88 Å². The molecule has 0 saturated heterocycles. The Kier molecular flexibility index (Phi) is 7.12. The molecule has 1 aromatic heterocycles. The quantitative estimate of drug-likeness (QED) is 0.401. The lowest BCUT2D eigenvalue weighted by Gasteiger charge is -2.10. The third kappa shape index (κ3) is 5.82. The first-order valence-electron chi connectivity index (χ1n) is 11.1. The Hall–Kier alpha value is -3.40. The van der Waals surface area contributed by atoms with E-state index in [1.807, 2.05) is 24.3 Å². The second kappa shape index (κ2) is 10.6. The third-order valence-corrected chi connectivity index (χ3v) is 5.58. The molecule has 0 aliphatic carbocycles. The predicted octanol–water partition coefficient (Wildman–Crippen LogP) is 4.96. The molecule has 158 valence electrons. The topological polar surface area (TPSA) is 46.9 Å². The molecule has 0 unspecified atom stereocenters. The number of imidazole rings is 1. The SMILES string of the molecule is O=C(CCc1ccccc1)NCCc1nc2ccccc2n1CCCc1ccccc1. The molecule has 0 aliphatic rings. The minimum absolute atomic E-state index is 0.0931. The van der Waals surface area contributed by atoms with Gasteiger partial charge in [0, 0.05) is 25.9 Å². The van der Waals surface area contributed by atoms with E-state index in [9.17, 15) is 4.79 Å². The van der Waals surface area contributed by atoms with E-state index >= 15 is 0 Å². The number of hydrogen-bond donors (Lipinski definition) is 1. The maximum Gasteiger partial charge on any atom is 0.220 e. The highest BCUT2D eigenvalue weighted by atomic mass is 16.1. The van der Waals surface area contributed by atoms with Crippen molar-refractivity contribution in [3.8, 4) is 0 Å². The van der Waals surface area contributed by atoms with Crippen molar-refractivity contribution in [1.82, 2.24) is 14.9 Å². The van der Waals surface area contributed by atoms with Gasteiger partial charge in [0.25, 0.3) is 0 Å². The van der Waals surface area contributed by atoms with E-state index in [1.54, 1.807) is 0 Å². The van der Waals surface area contributed by atoms with Crippen molar-refractivity contribution in [1.29, 1.82) is 0 Å². The molecule has 0 saturated carbocycles. The molecule has 4 aromatic rings. The zero-order valence-electron chi connectivity index (χ0n) is 17.8. The maximum absolute atomic E-state index is 12.3. The first-order chi connectivity index (χ1) is 15.3. The molecule has 0 bridgehead atoms. The first-order valence-corrected chi connectivity index (χ1v) is 11.1. The Bertz CT molecular complexity index is 1100. The van der Waals surface area contributed by atoms with Crippen LogP contribution < -0.4 is 5.32 Å². The number of nitrogens with one attached hydrogen (secondary N) is 1. The fourth-order valence-corrected chi connectivity index (χ4v) is 3.96. The van der Waals surface area contributed by atoms with Crippen LogP contribution in [0.3, 0.4) is 0 Å². The molecule has 0 fully saturated rings. The summed E-state index contributed by atoms with van der Waals surface area (Å²) in [6.07, 6.45) is 4.11. The van der Waals surface area contributed by atoms with Crippen molar-refractivity contribution in [2.45, 2.75) is 38.6 Å². The van der Waals surface area contributed by atoms with Crippen molar-refractivity contribution >= 4 is 16.9 Å². The third-order valence-electron chi connectivity index (χ3n) is 5.58. The summed E-state index contributed by atoms with van der Waals surface area (Å²) in [5.41, 5.74) is 4.74. The summed E-state index contributed by atoms with van der Waals surface area (Å²) < 4.78 is 2.31. The van der Waals surface area contributed by atoms with E-state index in [0.29, 0.717) is 13.0 Å². The lowest BCUT2D eigenvalue weighted by molar-refractivity contribution is -0.121. The number of carbonyl (C=O) groups is 1. The summed E-state index contributed by atoms with van der Waals surface area (Å²) >= 11 is 0. The van der Waals surface area contributed by atoms with Crippen LogP contribution in [0.2, 0.25) is 0 Å². The second-order valence-corrected chi connectivity index (χ2v) is 7.84. The molecule has 4 nitrogen and oxygen atoms in total. The number of aryl methyl sites for hydroxylation is 3. The van der Waals surface area contributed by atoms with Crippen LogP contribution in [0.1, 0.15) is 29.8 Å². The molecule has 4 heteroatoms. The Labute approximate surface area is 183 Å². The van der Waals surface area contributed by atoms with Crippen LogP contribution in [-0.4, -0.2) is 22.0 Å². The summed E-state index contributed by atoms with van der Waals surface area (Å²) in [7, 11) is 0. The fraction of sp³-hybridized carbons (Fsp3) is 0.259. The van der Waals surface area contributed by atoms with Crippen LogP contribution in [0, 0.1) is 0 Å². The zero-order valence-corrected chi connectivity index (χ0v) is 17.8. The summed E-state index contributed by atoms with van der Waals surface area (Å²) in [5, 5.41) is 3.06. The summed E-state index contributed by atoms with van der Waals surface area (Å²) in [5.74, 6) is 1.13. The van der Waals surface area contributed by atoms with Gasteiger partial charge in [-0.25, -0.2) is 4.98 Å². The average Bonchev–Trinajstić information content (AvgIpc) is 3.16. The molecule has 0 atom stereocenters. The highest BCUT2D eigenvalue weighted by Crippen LogP contribution is 2.17. The monoisotopic (exact) mass is 411 g/mol. The Morgan fingerprint density at radius 2 is 1.42 bits per heavy atom. The molecular weight excluding hydrogens is 382 g/mol. The number of benzene rings is 3. The highest BCUT2D eigenvalue weighted by molar-refractivity contribution is 5.77. The summed E-state index contributed by atoms with van der Waals surface area (Å²) in [4.78, 5) is 17.1. The molecule has 1 amide bonds. The van der Waals surface area contributed by atoms with Gasteiger partial charge in [0.15, 0.2) is 0 Å². The van der Waals surface area contributed by atoms with Crippen molar-refractivity contribution in [2.75, 3.05) is 6.54 Å². The molecule has 0 radical (unpaired) electrons. The van der Waals surface area contributed by atoms with Crippen LogP contribution >= 0.6 is 0 Å². The highest BCUT2D eigenvalue weighted by Gasteiger charge is 2.11. The zero-order chi connectivity index (χ0) is 21.3. The molecule has 4 rings (SSSR count). The van der Waals surface area contributed by atoms with E-state index in [4.69, 9.17) is 4.98 Å². The van der Waals surface area contributed by atoms with Crippen LogP contribution in [0.25, 0.3) is 11.0 Å².